The number of nitrogens with one attached hydrogen (secondary N) is 2. The Labute approximate surface area is 117 Å². The third-order valence-corrected chi connectivity index (χ3v) is 4.78. The van der Waals surface area contributed by atoms with Gasteiger partial charge in [0.1, 0.15) is 0 Å². The second-order valence-electron chi connectivity index (χ2n) is 4.44. The maximum atomic E-state index is 12.0. The van der Waals surface area contributed by atoms with E-state index in [1.807, 2.05) is 20.8 Å². The van der Waals surface area contributed by atoms with E-state index >= 15 is 0 Å². The normalized spacial score (nSPS) is 12.1. The van der Waals surface area contributed by atoms with E-state index in [9.17, 15) is 8.42 Å². The maximum Gasteiger partial charge on any atom is 0.241 e. The summed E-state index contributed by atoms with van der Waals surface area (Å²) in [6.45, 7) is 6.94. The SMILES string of the molecule is Cc1ccc(S(=O)(=O)NCCNC(C)C)c(Br)c1. The fourth-order valence-electron chi connectivity index (χ4n) is 1.45. The van der Waals surface area contributed by atoms with Crippen LogP contribution in [0.15, 0.2) is 27.6 Å². The first-order chi connectivity index (χ1) is 8.33. The first-order valence-corrected chi connectivity index (χ1v) is 8.10. The Morgan fingerprint density at radius 2 is 1.94 bits per heavy atom. The largest absolute Gasteiger partial charge is 0.313 e. The Hall–Kier alpha value is -0.430. The van der Waals surface area contributed by atoms with Gasteiger partial charge in [-0.3, -0.25) is 0 Å². The average Bonchev–Trinajstić information content (AvgIpc) is 2.23. The molecule has 0 atom stereocenters. The lowest BCUT2D eigenvalue weighted by Crippen LogP contribution is -2.34. The molecule has 18 heavy (non-hydrogen) atoms. The number of sulfonamides is 1. The summed E-state index contributed by atoms with van der Waals surface area (Å²) in [5.74, 6) is 0. The van der Waals surface area contributed by atoms with E-state index in [0.717, 1.165) is 5.56 Å². The molecule has 0 saturated carbocycles. The van der Waals surface area contributed by atoms with Crippen LogP contribution in [0.2, 0.25) is 0 Å². The number of benzene rings is 1. The number of hydrogen-bond acceptors (Lipinski definition) is 3. The van der Waals surface area contributed by atoms with Gasteiger partial charge in [-0.2, -0.15) is 0 Å². The van der Waals surface area contributed by atoms with Crippen molar-refractivity contribution in [3.8, 4) is 0 Å². The predicted octanol–water partition coefficient (Wildman–Crippen LogP) is 2.03. The fraction of sp³-hybridized carbons (Fsp3) is 0.500. The first-order valence-electron chi connectivity index (χ1n) is 5.82. The fourth-order valence-corrected chi connectivity index (χ4v) is 3.67. The molecule has 0 aliphatic carbocycles. The molecule has 0 amide bonds. The zero-order valence-corrected chi connectivity index (χ0v) is 13.2. The third-order valence-electron chi connectivity index (χ3n) is 2.35. The standard InChI is InChI=1S/C12H19BrN2O2S/c1-9(2)14-6-7-15-18(16,17)12-5-4-10(3)8-11(12)13/h4-5,8-9,14-15H,6-7H2,1-3H3. The van der Waals surface area contributed by atoms with Crippen LogP contribution in [0.1, 0.15) is 19.4 Å². The second kappa shape index (κ2) is 6.65. The smallest absolute Gasteiger partial charge is 0.241 e. The summed E-state index contributed by atoms with van der Waals surface area (Å²) in [5.41, 5.74) is 1.02. The Bertz CT molecular complexity index is 501. The van der Waals surface area contributed by atoms with Gasteiger partial charge in [-0.05, 0) is 40.5 Å². The topological polar surface area (TPSA) is 58.2 Å². The molecule has 4 nitrogen and oxygen atoms in total. The lowest BCUT2D eigenvalue weighted by atomic mass is 10.2. The van der Waals surface area contributed by atoms with Crippen molar-refractivity contribution in [3.05, 3.63) is 28.2 Å². The summed E-state index contributed by atoms with van der Waals surface area (Å²) in [6, 6.07) is 5.53. The van der Waals surface area contributed by atoms with Gasteiger partial charge in [-0.25, -0.2) is 13.1 Å². The van der Waals surface area contributed by atoms with Gasteiger partial charge >= 0.3 is 0 Å². The molecule has 0 radical (unpaired) electrons. The average molecular weight is 335 g/mol. The molecule has 0 aliphatic rings. The van der Waals surface area contributed by atoms with E-state index in [4.69, 9.17) is 0 Å². The van der Waals surface area contributed by atoms with Crippen LogP contribution < -0.4 is 10.0 Å². The van der Waals surface area contributed by atoms with Crippen LogP contribution in [0.5, 0.6) is 0 Å². The summed E-state index contributed by atoms with van der Waals surface area (Å²) >= 11 is 3.28. The van der Waals surface area contributed by atoms with E-state index < -0.39 is 10.0 Å². The van der Waals surface area contributed by atoms with Crippen LogP contribution in [0, 0.1) is 6.92 Å². The van der Waals surface area contributed by atoms with Gasteiger partial charge in [0.2, 0.25) is 10.0 Å². The van der Waals surface area contributed by atoms with Gasteiger partial charge in [0.15, 0.2) is 0 Å². The second-order valence-corrected chi connectivity index (χ2v) is 7.03. The quantitative estimate of drug-likeness (QED) is 0.782. The zero-order valence-electron chi connectivity index (χ0n) is 10.8. The molecule has 0 unspecified atom stereocenters. The highest BCUT2D eigenvalue weighted by Crippen LogP contribution is 2.22. The van der Waals surface area contributed by atoms with E-state index in [-0.39, 0.29) is 4.90 Å². The number of halogens is 1. The van der Waals surface area contributed by atoms with Crippen molar-refractivity contribution in [2.45, 2.75) is 31.7 Å². The summed E-state index contributed by atoms with van der Waals surface area (Å²) in [4.78, 5) is 0.276. The molecule has 6 heteroatoms. The molecule has 0 saturated heterocycles. The Kier molecular flexibility index (Phi) is 5.78. The summed E-state index contributed by atoms with van der Waals surface area (Å²) in [7, 11) is -3.44. The number of rotatable bonds is 6. The maximum absolute atomic E-state index is 12.0. The van der Waals surface area contributed by atoms with Crippen molar-refractivity contribution >= 4 is 26.0 Å². The van der Waals surface area contributed by atoms with E-state index in [1.165, 1.54) is 0 Å². The molecule has 102 valence electrons. The van der Waals surface area contributed by atoms with Crippen LogP contribution in [0.4, 0.5) is 0 Å². The summed E-state index contributed by atoms with van der Waals surface area (Å²) < 4.78 is 27.2. The van der Waals surface area contributed by atoms with Crippen molar-refractivity contribution in [1.29, 1.82) is 0 Å². The molecule has 0 bridgehead atoms. The van der Waals surface area contributed by atoms with Crippen LogP contribution in [-0.2, 0) is 10.0 Å². The van der Waals surface area contributed by atoms with Crippen molar-refractivity contribution in [3.63, 3.8) is 0 Å². The molecule has 1 aromatic carbocycles. The Morgan fingerprint density at radius 3 is 2.50 bits per heavy atom. The van der Waals surface area contributed by atoms with Crippen LogP contribution in [0.25, 0.3) is 0 Å². The molecular weight excluding hydrogens is 316 g/mol. The van der Waals surface area contributed by atoms with Crippen LogP contribution in [-0.4, -0.2) is 27.5 Å². The Morgan fingerprint density at radius 1 is 1.28 bits per heavy atom. The van der Waals surface area contributed by atoms with Crippen LogP contribution >= 0.6 is 15.9 Å². The van der Waals surface area contributed by atoms with Crippen molar-refractivity contribution in [1.82, 2.24) is 10.0 Å². The predicted molar refractivity (Wildman–Crippen MR) is 77.2 cm³/mol. The molecule has 0 heterocycles. The molecule has 0 spiro atoms. The summed E-state index contributed by atoms with van der Waals surface area (Å²) in [6.07, 6.45) is 0. The van der Waals surface area contributed by atoms with Crippen molar-refractivity contribution < 1.29 is 8.42 Å². The highest BCUT2D eigenvalue weighted by Gasteiger charge is 2.16. The third kappa shape index (κ3) is 4.68. The Balaban J connectivity index is 2.69. The first kappa shape index (κ1) is 15.6. The monoisotopic (exact) mass is 334 g/mol. The number of aryl methyl sites for hydroxylation is 1. The zero-order chi connectivity index (χ0) is 13.8. The van der Waals surface area contributed by atoms with E-state index in [2.05, 4.69) is 26.0 Å². The van der Waals surface area contributed by atoms with Gasteiger partial charge in [-0.15, -0.1) is 0 Å². The molecule has 2 N–H and O–H groups in total. The minimum atomic E-state index is -3.44. The van der Waals surface area contributed by atoms with Gasteiger partial charge in [0.05, 0.1) is 4.90 Å². The molecule has 0 aromatic heterocycles. The van der Waals surface area contributed by atoms with Crippen molar-refractivity contribution in [2.75, 3.05) is 13.1 Å². The molecule has 0 fully saturated rings. The van der Waals surface area contributed by atoms with E-state index in [0.29, 0.717) is 23.6 Å². The van der Waals surface area contributed by atoms with Gasteiger partial charge in [-0.1, -0.05) is 19.9 Å². The lowest BCUT2D eigenvalue weighted by Gasteiger charge is -2.11. The number of hydrogen-bond donors (Lipinski definition) is 2. The van der Waals surface area contributed by atoms with Crippen LogP contribution in [0.3, 0.4) is 0 Å². The van der Waals surface area contributed by atoms with Crippen molar-refractivity contribution in [2.24, 2.45) is 0 Å². The van der Waals surface area contributed by atoms with Gasteiger partial charge in [0, 0.05) is 23.6 Å². The summed E-state index contributed by atoms with van der Waals surface area (Å²) in [5, 5.41) is 3.15. The molecule has 1 aromatic rings. The minimum absolute atomic E-state index is 0.276. The molecule has 1 rings (SSSR count). The highest BCUT2D eigenvalue weighted by atomic mass is 79.9. The minimum Gasteiger partial charge on any atom is -0.313 e. The highest BCUT2D eigenvalue weighted by molar-refractivity contribution is 9.10. The van der Waals surface area contributed by atoms with E-state index in [1.54, 1.807) is 18.2 Å². The van der Waals surface area contributed by atoms with Gasteiger partial charge < -0.3 is 5.32 Å². The molecule has 0 aliphatic heterocycles. The lowest BCUT2D eigenvalue weighted by molar-refractivity contribution is 0.559. The van der Waals surface area contributed by atoms with Gasteiger partial charge in [0.25, 0.3) is 0 Å². The molecular formula is C12H19BrN2O2S.